The van der Waals surface area contributed by atoms with Crippen LogP contribution < -0.4 is 0 Å². The summed E-state index contributed by atoms with van der Waals surface area (Å²) in [4.78, 5) is 34.8. The van der Waals surface area contributed by atoms with Crippen LogP contribution in [0.1, 0.15) is 51.4 Å². The van der Waals surface area contributed by atoms with Crippen LogP contribution in [0.2, 0.25) is 0 Å². The van der Waals surface area contributed by atoms with E-state index in [2.05, 4.69) is 9.47 Å². The van der Waals surface area contributed by atoms with Crippen LogP contribution in [-0.4, -0.2) is 57.1 Å². The van der Waals surface area contributed by atoms with Crippen molar-refractivity contribution in [1.82, 2.24) is 0 Å². The summed E-state index contributed by atoms with van der Waals surface area (Å²) in [7, 11) is 2.44. The fourth-order valence-electron chi connectivity index (χ4n) is 3.28. The maximum Gasteiger partial charge on any atom is 0.509 e. The van der Waals surface area contributed by atoms with Crippen molar-refractivity contribution in [3.05, 3.63) is 0 Å². The Bertz CT molecular complexity index is 451. The van der Waals surface area contributed by atoms with E-state index in [1.165, 1.54) is 14.2 Å². The van der Waals surface area contributed by atoms with Gasteiger partial charge in [0.2, 0.25) is 0 Å². The Hall–Kier alpha value is -2.19. The quantitative estimate of drug-likeness (QED) is 0.541. The number of methoxy groups -OCH3 is 2. The Balaban J connectivity index is 1.88. The van der Waals surface area contributed by atoms with Crippen molar-refractivity contribution in [2.45, 2.75) is 75.8 Å². The summed E-state index contributed by atoms with van der Waals surface area (Å²) in [5, 5.41) is 0. The normalized spacial score (nSPS) is 28.4. The lowest BCUT2D eigenvalue weighted by Gasteiger charge is -2.32. The fraction of sp³-hybridized carbons (Fsp3) is 0.824. The lowest BCUT2D eigenvalue weighted by Crippen LogP contribution is -2.41. The van der Waals surface area contributed by atoms with Crippen molar-refractivity contribution in [3.63, 3.8) is 0 Å². The van der Waals surface area contributed by atoms with Gasteiger partial charge in [-0.25, -0.2) is 14.4 Å². The first-order chi connectivity index (χ1) is 12.5. The SMILES string of the molecule is COC(=O)O[C@H]1CCCC[C@@H]1OC(=O)O[C@@H]1CCCC[C@H]1OC(=O)OC. The second-order valence-corrected chi connectivity index (χ2v) is 6.35. The highest BCUT2D eigenvalue weighted by atomic mass is 16.8. The summed E-state index contributed by atoms with van der Waals surface area (Å²) < 4.78 is 30.0. The van der Waals surface area contributed by atoms with Crippen LogP contribution in [0.15, 0.2) is 0 Å². The first-order valence-electron chi connectivity index (χ1n) is 8.90. The summed E-state index contributed by atoms with van der Waals surface area (Å²) in [6.07, 6.45) is 1.01. The second kappa shape index (κ2) is 10.1. The molecule has 0 aromatic rings. The maximum atomic E-state index is 12.2. The molecule has 0 bridgehead atoms. The van der Waals surface area contributed by atoms with Gasteiger partial charge in [0.05, 0.1) is 14.2 Å². The molecule has 0 aromatic carbocycles. The summed E-state index contributed by atoms with van der Waals surface area (Å²) >= 11 is 0. The Morgan fingerprint density at radius 3 is 1.08 bits per heavy atom. The number of carbonyl (C=O) groups excluding carboxylic acids is 3. The van der Waals surface area contributed by atoms with Crippen molar-refractivity contribution in [3.8, 4) is 0 Å². The average molecular weight is 374 g/mol. The zero-order valence-corrected chi connectivity index (χ0v) is 15.1. The van der Waals surface area contributed by atoms with E-state index >= 15 is 0 Å². The van der Waals surface area contributed by atoms with Gasteiger partial charge >= 0.3 is 18.5 Å². The van der Waals surface area contributed by atoms with E-state index in [1.807, 2.05) is 0 Å². The van der Waals surface area contributed by atoms with E-state index < -0.39 is 42.9 Å². The Morgan fingerprint density at radius 2 is 0.808 bits per heavy atom. The third kappa shape index (κ3) is 5.96. The van der Waals surface area contributed by atoms with E-state index in [0.29, 0.717) is 25.7 Å². The van der Waals surface area contributed by atoms with Gasteiger partial charge in [0.15, 0.2) is 0 Å². The van der Waals surface area contributed by atoms with E-state index in [1.54, 1.807) is 0 Å². The predicted octanol–water partition coefficient (Wildman–Crippen LogP) is 3.33. The summed E-state index contributed by atoms with van der Waals surface area (Å²) in [6, 6.07) is 0. The number of hydrogen-bond donors (Lipinski definition) is 0. The molecule has 0 amide bonds. The van der Waals surface area contributed by atoms with Gasteiger partial charge in [-0.2, -0.15) is 0 Å². The molecule has 0 aromatic heterocycles. The van der Waals surface area contributed by atoms with Gasteiger partial charge in [-0.15, -0.1) is 0 Å². The number of carbonyl (C=O) groups is 3. The number of hydrogen-bond acceptors (Lipinski definition) is 9. The Kier molecular flexibility index (Phi) is 7.80. The molecule has 2 aliphatic carbocycles. The molecule has 0 unspecified atom stereocenters. The van der Waals surface area contributed by atoms with Gasteiger partial charge in [0.1, 0.15) is 24.4 Å². The predicted molar refractivity (Wildman–Crippen MR) is 86.6 cm³/mol. The van der Waals surface area contributed by atoms with Gasteiger partial charge in [0.25, 0.3) is 0 Å². The van der Waals surface area contributed by atoms with Gasteiger partial charge in [-0.05, 0) is 51.4 Å². The van der Waals surface area contributed by atoms with Gasteiger partial charge in [0, 0.05) is 0 Å². The molecule has 4 atom stereocenters. The molecule has 26 heavy (non-hydrogen) atoms. The van der Waals surface area contributed by atoms with Crippen molar-refractivity contribution in [2.75, 3.05) is 14.2 Å². The van der Waals surface area contributed by atoms with E-state index in [4.69, 9.17) is 18.9 Å². The first kappa shape index (κ1) is 20.1. The number of ether oxygens (including phenoxy) is 6. The summed E-state index contributed by atoms with van der Waals surface area (Å²) in [6.45, 7) is 0. The van der Waals surface area contributed by atoms with Crippen molar-refractivity contribution < 1.29 is 42.8 Å². The fourth-order valence-corrected chi connectivity index (χ4v) is 3.28. The molecular formula is C17H26O9. The van der Waals surface area contributed by atoms with Crippen LogP contribution in [-0.2, 0) is 28.4 Å². The minimum Gasteiger partial charge on any atom is -0.438 e. The molecule has 9 heteroatoms. The lowest BCUT2D eigenvalue weighted by atomic mass is 9.94. The molecule has 2 aliphatic rings. The summed E-state index contributed by atoms with van der Waals surface area (Å²) in [5.41, 5.74) is 0. The smallest absolute Gasteiger partial charge is 0.438 e. The first-order valence-corrected chi connectivity index (χ1v) is 8.90. The number of rotatable bonds is 4. The minimum absolute atomic E-state index is 0.558. The van der Waals surface area contributed by atoms with Gasteiger partial charge in [-0.1, -0.05) is 0 Å². The van der Waals surface area contributed by atoms with Gasteiger partial charge < -0.3 is 28.4 Å². The molecular weight excluding hydrogens is 348 g/mol. The van der Waals surface area contributed by atoms with Gasteiger partial charge in [-0.3, -0.25) is 0 Å². The molecule has 2 fully saturated rings. The Morgan fingerprint density at radius 1 is 0.538 bits per heavy atom. The van der Waals surface area contributed by atoms with Crippen LogP contribution in [0.4, 0.5) is 14.4 Å². The van der Waals surface area contributed by atoms with Crippen LogP contribution in [0.5, 0.6) is 0 Å². The standard InChI is InChI=1S/C17H26O9/c1-21-15(18)23-11-7-3-5-9-13(11)25-17(20)26-14-10-6-4-8-12(14)24-16(19)22-2/h11-14H,3-10H2,1-2H3/t11-,12+,13-,14+. The second-order valence-electron chi connectivity index (χ2n) is 6.35. The van der Waals surface area contributed by atoms with E-state index in [9.17, 15) is 14.4 Å². The largest absolute Gasteiger partial charge is 0.509 e. The third-order valence-corrected chi connectivity index (χ3v) is 4.61. The molecule has 148 valence electrons. The van der Waals surface area contributed by atoms with Crippen LogP contribution >= 0.6 is 0 Å². The molecule has 2 rings (SSSR count). The van der Waals surface area contributed by atoms with Crippen LogP contribution in [0.3, 0.4) is 0 Å². The monoisotopic (exact) mass is 374 g/mol. The molecule has 0 aliphatic heterocycles. The van der Waals surface area contributed by atoms with Crippen molar-refractivity contribution in [2.24, 2.45) is 0 Å². The molecule has 9 nitrogen and oxygen atoms in total. The van der Waals surface area contributed by atoms with Crippen molar-refractivity contribution in [1.29, 1.82) is 0 Å². The molecule has 0 radical (unpaired) electrons. The van der Waals surface area contributed by atoms with E-state index in [0.717, 1.165) is 25.7 Å². The molecule has 0 saturated heterocycles. The van der Waals surface area contributed by atoms with Crippen molar-refractivity contribution >= 4 is 18.5 Å². The van der Waals surface area contributed by atoms with Crippen LogP contribution in [0, 0.1) is 0 Å². The maximum absolute atomic E-state index is 12.2. The average Bonchev–Trinajstić information content (AvgIpc) is 2.64. The third-order valence-electron chi connectivity index (χ3n) is 4.61. The highest BCUT2D eigenvalue weighted by molar-refractivity contribution is 5.62. The minimum atomic E-state index is -0.860. The molecule has 0 spiro atoms. The van der Waals surface area contributed by atoms with Crippen LogP contribution in [0.25, 0.3) is 0 Å². The summed E-state index contributed by atoms with van der Waals surface area (Å²) in [5.74, 6) is 0. The highest BCUT2D eigenvalue weighted by Crippen LogP contribution is 2.27. The Labute approximate surface area is 152 Å². The molecule has 2 saturated carbocycles. The lowest BCUT2D eigenvalue weighted by molar-refractivity contribution is -0.0983. The zero-order chi connectivity index (χ0) is 18.9. The van der Waals surface area contributed by atoms with E-state index in [-0.39, 0.29) is 0 Å². The topological polar surface area (TPSA) is 107 Å². The highest BCUT2D eigenvalue weighted by Gasteiger charge is 2.36. The zero-order valence-electron chi connectivity index (χ0n) is 15.1. The molecule has 0 N–H and O–H groups in total. The molecule has 0 heterocycles.